The smallest absolute Gasteiger partial charge is 0.257 e. The van der Waals surface area contributed by atoms with Gasteiger partial charge in [0.1, 0.15) is 0 Å². The van der Waals surface area contributed by atoms with Crippen molar-refractivity contribution in [3.8, 4) is 0 Å². The van der Waals surface area contributed by atoms with Crippen LogP contribution in [0.1, 0.15) is 51.8 Å². The zero-order chi connectivity index (χ0) is 19.5. The van der Waals surface area contributed by atoms with Crippen LogP contribution < -0.4 is 0 Å². The monoisotopic (exact) mass is 394 g/mol. The lowest BCUT2D eigenvalue weighted by molar-refractivity contribution is 0.0711. The second-order valence-corrected chi connectivity index (χ2v) is 7.77. The molecule has 2 aromatic heterocycles. The minimum atomic E-state index is 0.0640. The van der Waals surface area contributed by atoms with E-state index in [1.54, 1.807) is 6.20 Å². The molecule has 1 aromatic carbocycles. The molecule has 1 amide bonds. The molecule has 1 aliphatic heterocycles. The molecule has 5 nitrogen and oxygen atoms in total. The Labute approximate surface area is 169 Å². The van der Waals surface area contributed by atoms with Crippen molar-refractivity contribution in [2.45, 2.75) is 32.1 Å². The summed E-state index contributed by atoms with van der Waals surface area (Å²) in [4.78, 5) is 19.5. The number of hydrogen-bond donors (Lipinski definition) is 1. The van der Waals surface area contributed by atoms with E-state index in [1.165, 1.54) is 5.56 Å². The number of benzene rings is 1. The van der Waals surface area contributed by atoms with Gasteiger partial charge in [-0.3, -0.25) is 14.9 Å². The third-order valence-electron chi connectivity index (χ3n) is 5.39. The zero-order valence-electron chi connectivity index (χ0n) is 15.9. The average Bonchev–Trinajstić information content (AvgIpc) is 3.15. The van der Waals surface area contributed by atoms with Gasteiger partial charge in [-0.15, -0.1) is 0 Å². The highest BCUT2D eigenvalue weighted by molar-refractivity contribution is 6.30. The quantitative estimate of drug-likeness (QED) is 0.714. The van der Waals surface area contributed by atoms with Crippen LogP contribution in [0.3, 0.4) is 0 Å². The first kappa shape index (κ1) is 18.7. The van der Waals surface area contributed by atoms with Crippen molar-refractivity contribution >= 4 is 17.5 Å². The summed E-state index contributed by atoms with van der Waals surface area (Å²) in [7, 11) is 0. The molecule has 0 saturated carbocycles. The van der Waals surface area contributed by atoms with Crippen molar-refractivity contribution in [1.82, 2.24) is 20.1 Å². The molecular weight excluding hydrogens is 372 g/mol. The van der Waals surface area contributed by atoms with E-state index in [9.17, 15) is 4.79 Å². The van der Waals surface area contributed by atoms with Crippen molar-refractivity contribution in [3.05, 3.63) is 81.9 Å². The van der Waals surface area contributed by atoms with Crippen LogP contribution in [0.2, 0.25) is 5.02 Å². The van der Waals surface area contributed by atoms with E-state index in [4.69, 9.17) is 16.6 Å². The Balaban J connectivity index is 1.40. The van der Waals surface area contributed by atoms with Crippen molar-refractivity contribution in [1.29, 1.82) is 0 Å². The first-order chi connectivity index (χ1) is 13.6. The number of rotatable bonds is 4. The fraction of sp³-hybridized carbons (Fsp3) is 0.318. The molecule has 0 radical (unpaired) electrons. The lowest BCUT2D eigenvalue weighted by Crippen LogP contribution is -2.38. The normalized spacial score (nSPS) is 15.0. The number of H-pyrrole nitrogens is 1. The number of likely N-dealkylation sites (tertiary alicyclic amines) is 1. The molecule has 0 bridgehead atoms. The lowest BCUT2D eigenvalue weighted by atomic mass is 9.92. The number of aromatic amines is 1. The largest absolute Gasteiger partial charge is 0.338 e. The molecular formula is C22H23ClN4O. The van der Waals surface area contributed by atoms with E-state index < -0.39 is 0 Å². The summed E-state index contributed by atoms with van der Waals surface area (Å²) in [6.45, 7) is 3.37. The predicted molar refractivity (Wildman–Crippen MR) is 110 cm³/mol. The Kier molecular flexibility index (Phi) is 5.44. The third-order valence-corrected chi connectivity index (χ3v) is 5.64. The molecule has 6 heteroatoms. The molecule has 0 spiro atoms. The van der Waals surface area contributed by atoms with Gasteiger partial charge in [0.15, 0.2) is 0 Å². The highest BCUT2D eigenvalue weighted by Crippen LogP contribution is 2.28. The molecule has 0 atom stereocenters. The maximum absolute atomic E-state index is 12.6. The van der Waals surface area contributed by atoms with Crippen molar-refractivity contribution in [2.24, 2.45) is 0 Å². The summed E-state index contributed by atoms with van der Waals surface area (Å²) >= 11 is 5.97. The number of halogens is 1. The van der Waals surface area contributed by atoms with Crippen LogP contribution in [0, 0.1) is 6.92 Å². The highest BCUT2D eigenvalue weighted by atomic mass is 35.5. The van der Waals surface area contributed by atoms with Crippen LogP contribution in [-0.4, -0.2) is 39.1 Å². The number of amides is 1. The molecule has 3 heterocycles. The van der Waals surface area contributed by atoms with Gasteiger partial charge in [0.25, 0.3) is 5.91 Å². The van der Waals surface area contributed by atoms with E-state index >= 15 is 0 Å². The minimum absolute atomic E-state index is 0.0640. The summed E-state index contributed by atoms with van der Waals surface area (Å²) in [6.07, 6.45) is 4.27. The number of piperidine rings is 1. The van der Waals surface area contributed by atoms with Crippen LogP contribution >= 0.6 is 11.6 Å². The van der Waals surface area contributed by atoms with E-state index in [-0.39, 0.29) is 5.91 Å². The van der Waals surface area contributed by atoms with Gasteiger partial charge in [-0.25, -0.2) is 0 Å². The number of carbonyl (C=O) groups excluding carboxylic acids is 1. The summed E-state index contributed by atoms with van der Waals surface area (Å²) in [6, 6.07) is 14.2. The van der Waals surface area contributed by atoms with Crippen LogP contribution in [0.15, 0.2) is 48.7 Å². The van der Waals surface area contributed by atoms with Gasteiger partial charge in [-0.05, 0) is 49.6 Å². The Bertz CT molecular complexity index is 959. The molecule has 28 heavy (non-hydrogen) atoms. The molecule has 1 fully saturated rings. The summed E-state index contributed by atoms with van der Waals surface area (Å²) in [5.41, 5.74) is 4.88. The SMILES string of the molecule is Cc1[nH]ncc1C(=O)N1CCC(c2cccc(Cc3ccc(Cl)cc3)n2)CC1. The summed E-state index contributed by atoms with van der Waals surface area (Å²) in [5, 5.41) is 7.54. The molecule has 1 aliphatic rings. The first-order valence-electron chi connectivity index (χ1n) is 9.59. The Hall–Kier alpha value is -2.66. The van der Waals surface area contributed by atoms with Gasteiger partial charge >= 0.3 is 0 Å². The van der Waals surface area contributed by atoms with Crippen LogP contribution in [0.5, 0.6) is 0 Å². The minimum Gasteiger partial charge on any atom is -0.338 e. The highest BCUT2D eigenvalue weighted by Gasteiger charge is 2.26. The number of aryl methyl sites for hydroxylation is 1. The maximum atomic E-state index is 12.6. The molecule has 4 rings (SSSR count). The Morgan fingerprint density at radius 2 is 1.93 bits per heavy atom. The van der Waals surface area contributed by atoms with Crippen molar-refractivity contribution in [2.75, 3.05) is 13.1 Å². The fourth-order valence-corrected chi connectivity index (χ4v) is 3.88. The molecule has 1 saturated heterocycles. The molecule has 3 aromatic rings. The number of carbonyl (C=O) groups is 1. The van der Waals surface area contributed by atoms with Gasteiger partial charge in [-0.2, -0.15) is 5.10 Å². The number of nitrogens with one attached hydrogen (secondary N) is 1. The maximum Gasteiger partial charge on any atom is 0.257 e. The predicted octanol–water partition coefficient (Wildman–Crippen LogP) is 4.38. The standard InChI is InChI=1S/C22H23ClN4O/c1-15-20(14-24-26-15)22(28)27-11-9-17(10-12-27)21-4-2-3-19(25-21)13-16-5-7-18(23)8-6-16/h2-8,14,17H,9-13H2,1H3,(H,24,26). The van der Waals surface area contributed by atoms with Crippen molar-refractivity contribution < 1.29 is 4.79 Å². The lowest BCUT2D eigenvalue weighted by Gasteiger charge is -2.31. The second kappa shape index (κ2) is 8.15. The molecule has 0 aliphatic carbocycles. The second-order valence-electron chi connectivity index (χ2n) is 7.33. The average molecular weight is 395 g/mol. The number of nitrogens with zero attached hydrogens (tertiary/aromatic N) is 3. The molecule has 0 unspecified atom stereocenters. The van der Waals surface area contributed by atoms with Gasteiger partial charge in [-0.1, -0.05) is 29.8 Å². The van der Waals surface area contributed by atoms with Crippen LogP contribution in [0.4, 0.5) is 0 Å². The molecule has 144 valence electrons. The number of aromatic nitrogens is 3. The van der Waals surface area contributed by atoms with Gasteiger partial charge in [0.05, 0.1) is 11.8 Å². The van der Waals surface area contributed by atoms with Gasteiger partial charge < -0.3 is 4.90 Å². The first-order valence-corrected chi connectivity index (χ1v) is 9.97. The van der Waals surface area contributed by atoms with Gasteiger partial charge in [0, 0.05) is 47.5 Å². The summed E-state index contributed by atoms with van der Waals surface area (Å²) in [5.74, 6) is 0.453. The summed E-state index contributed by atoms with van der Waals surface area (Å²) < 4.78 is 0. The Morgan fingerprint density at radius 1 is 1.18 bits per heavy atom. The van der Waals surface area contributed by atoms with Crippen LogP contribution in [0.25, 0.3) is 0 Å². The van der Waals surface area contributed by atoms with E-state index in [0.717, 1.165) is 54.5 Å². The van der Waals surface area contributed by atoms with E-state index in [2.05, 4.69) is 28.4 Å². The third kappa shape index (κ3) is 4.09. The number of hydrogen-bond acceptors (Lipinski definition) is 3. The number of pyridine rings is 1. The fourth-order valence-electron chi connectivity index (χ4n) is 3.75. The zero-order valence-corrected chi connectivity index (χ0v) is 16.6. The van der Waals surface area contributed by atoms with Gasteiger partial charge in [0.2, 0.25) is 0 Å². The van der Waals surface area contributed by atoms with E-state index in [0.29, 0.717) is 11.5 Å². The van der Waals surface area contributed by atoms with E-state index in [1.807, 2.05) is 36.1 Å². The molecule has 1 N–H and O–H groups in total. The van der Waals surface area contributed by atoms with Crippen molar-refractivity contribution in [3.63, 3.8) is 0 Å². The Morgan fingerprint density at radius 3 is 2.61 bits per heavy atom. The topological polar surface area (TPSA) is 61.9 Å². The van der Waals surface area contributed by atoms with Crippen LogP contribution in [-0.2, 0) is 6.42 Å².